The lowest BCUT2D eigenvalue weighted by molar-refractivity contribution is -0.189. The molecule has 232 valence electrons. The molecule has 2 aromatic heterocycles. The molecule has 3 unspecified atom stereocenters. The number of hydrogen-bond donors (Lipinski definition) is 1. The molecule has 0 saturated carbocycles. The lowest BCUT2D eigenvalue weighted by atomic mass is 9.73. The molecule has 4 aromatic rings. The summed E-state index contributed by atoms with van der Waals surface area (Å²) in [7, 11) is 0. The highest BCUT2D eigenvalue weighted by Gasteiger charge is 2.45. The fraction of sp³-hybridized carbons (Fsp3) is 0.484. The molecule has 1 aliphatic rings. The van der Waals surface area contributed by atoms with Crippen molar-refractivity contribution in [3.8, 4) is 0 Å². The van der Waals surface area contributed by atoms with Crippen LogP contribution in [0.1, 0.15) is 58.1 Å². The van der Waals surface area contributed by atoms with E-state index in [-0.39, 0.29) is 11.5 Å². The van der Waals surface area contributed by atoms with Crippen LogP contribution < -0.4 is 0 Å². The molecule has 1 N–H and O–H groups in total. The second-order valence-corrected chi connectivity index (χ2v) is 13.1. The Morgan fingerprint density at radius 1 is 0.953 bits per heavy atom. The molecule has 2 aromatic carbocycles. The van der Waals surface area contributed by atoms with Crippen molar-refractivity contribution in [3.05, 3.63) is 94.0 Å². The maximum atomic E-state index is 11.1. The summed E-state index contributed by atoms with van der Waals surface area (Å²) in [4.78, 5) is 7.91. The Morgan fingerprint density at radius 3 is 2.19 bits per heavy atom. The van der Waals surface area contributed by atoms with E-state index < -0.39 is 11.4 Å². The molecule has 5 rings (SSSR count). The van der Waals surface area contributed by atoms with Crippen LogP contribution in [0.15, 0.2) is 67.8 Å². The van der Waals surface area contributed by atoms with Crippen molar-refractivity contribution in [1.82, 2.24) is 29.5 Å². The minimum absolute atomic E-state index is 0.0419. The van der Waals surface area contributed by atoms with Crippen molar-refractivity contribution in [2.75, 3.05) is 6.61 Å². The summed E-state index contributed by atoms with van der Waals surface area (Å²) in [6.45, 7) is 9.61. The number of hydrogen-bond acceptors (Lipinski definition) is 7. The number of aliphatic hydroxyl groups is 1. The molecule has 0 bridgehead atoms. The third kappa shape index (κ3) is 8.77. The molecule has 43 heavy (non-hydrogen) atoms. The summed E-state index contributed by atoms with van der Waals surface area (Å²) in [6.07, 6.45) is 9.69. The molecule has 3 heterocycles. The van der Waals surface area contributed by atoms with Crippen molar-refractivity contribution in [2.24, 2.45) is 5.41 Å². The van der Waals surface area contributed by atoms with Crippen molar-refractivity contribution in [1.29, 1.82) is 0 Å². The Balaban J connectivity index is 0.000000197. The number of nitrogens with zero attached hydrogens (tertiary/aromatic N) is 6. The van der Waals surface area contributed by atoms with Crippen LogP contribution in [0.25, 0.3) is 0 Å². The van der Waals surface area contributed by atoms with Crippen molar-refractivity contribution in [2.45, 2.75) is 84.0 Å². The topological polar surface area (TPSA) is 100 Å². The van der Waals surface area contributed by atoms with Crippen LogP contribution in [0.4, 0.5) is 0 Å². The first-order chi connectivity index (χ1) is 20.4. The Labute approximate surface area is 268 Å². The van der Waals surface area contributed by atoms with Gasteiger partial charge >= 0.3 is 0 Å². The van der Waals surface area contributed by atoms with Gasteiger partial charge in [-0.05, 0) is 54.5 Å². The lowest BCUT2D eigenvalue weighted by Crippen LogP contribution is -2.47. The van der Waals surface area contributed by atoms with Crippen LogP contribution in [0.3, 0.4) is 0 Å². The van der Waals surface area contributed by atoms with Gasteiger partial charge in [0, 0.05) is 15.6 Å². The average molecular weight is 650 g/mol. The molecule has 0 spiro atoms. The lowest BCUT2D eigenvalue weighted by Gasteiger charge is -2.40. The third-order valence-electron chi connectivity index (χ3n) is 7.68. The third-order valence-corrected chi connectivity index (χ3v) is 8.47. The van der Waals surface area contributed by atoms with Gasteiger partial charge in [-0.2, -0.15) is 10.2 Å². The quantitative estimate of drug-likeness (QED) is 0.198. The van der Waals surface area contributed by atoms with E-state index in [4.69, 9.17) is 44.3 Å². The van der Waals surface area contributed by atoms with E-state index in [1.807, 2.05) is 51.1 Å². The highest BCUT2D eigenvalue weighted by Crippen LogP contribution is 2.41. The summed E-state index contributed by atoms with van der Waals surface area (Å²) in [5.41, 5.74) is 0.805. The summed E-state index contributed by atoms with van der Waals surface area (Å²) >= 11 is 18.3. The van der Waals surface area contributed by atoms with Gasteiger partial charge in [0.1, 0.15) is 31.9 Å². The van der Waals surface area contributed by atoms with Gasteiger partial charge in [-0.3, -0.25) is 4.68 Å². The first-order valence-corrected chi connectivity index (χ1v) is 15.5. The van der Waals surface area contributed by atoms with Gasteiger partial charge in [0.25, 0.3) is 0 Å². The van der Waals surface area contributed by atoms with E-state index in [0.29, 0.717) is 36.2 Å². The van der Waals surface area contributed by atoms with E-state index >= 15 is 0 Å². The van der Waals surface area contributed by atoms with Crippen molar-refractivity contribution in [3.63, 3.8) is 0 Å². The molecule has 12 heteroatoms. The van der Waals surface area contributed by atoms with E-state index in [9.17, 15) is 5.11 Å². The van der Waals surface area contributed by atoms with Crippen LogP contribution >= 0.6 is 34.8 Å². The Bertz CT molecular complexity index is 1410. The second kappa shape index (κ2) is 14.5. The fourth-order valence-electron chi connectivity index (χ4n) is 4.94. The van der Waals surface area contributed by atoms with Gasteiger partial charge in [0.05, 0.1) is 29.9 Å². The molecule has 0 radical (unpaired) electrons. The minimum Gasteiger partial charge on any atom is -0.387 e. The van der Waals surface area contributed by atoms with Crippen LogP contribution in [-0.4, -0.2) is 52.9 Å². The van der Waals surface area contributed by atoms with Crippen LogP contribution in [0, 0.1) is 5.41 Å². The Kier molecular flexibility index (Phi) is 11.3. The number of ether oxygens (including phenoxy) is 2. The summed E-state index contributed by atoms with van der Waals surface area (Å²) in [5, 5.41) is 21.2. The van der Waals surface area contributed by atoms with E-state index in [0.717, 1.165) is 29.8 Å². The smallest absolute Gasteiger partial charge is 0.217 e. The SMILES string of the molecule is CC(C)(C)C(O)(CCc1ccc(Cl)cc1)Cn1cncn1.CCCC1COC(Cn2cncn2)(c2ccc(Cl)cc2Cl)O1. The number of aryl methyl sites for hydroxylation is 1. The standard InChI is InChI=1S/C16H22ClN3O.C15H17Cl2N3O2/c1-15(2,3)16(21,10-20-12-18-11-19-20)9-8-13-4-6-14(17)7-5-13;1-2-3-12-7-21-15(22-12,8-20-10-18-9-19-20)13-5-4-11(16)6-14(13)17/h4-7,11-12,21H,8-10H2,1-3H3;4-6,9-10,12H,2-3,7-8H2,1H3. The monoisotopic (exact) mass is 648 g/mol. The molecule has 0 amide bonds. The predicted molar refractivity (Wildman–Crippen MR) is 168 cm³/mol. The minimum atomic E-state index is -0.963. The predicted octanol–water partition coefficient (Wildman–Crippen LogP) is 6.99. The number of rotatable bonds is 10. The zero-order chi connectivity index (χ0) is 31.1. The molecule has 0 aliphatic carbocycles. The molecule has 1 aliphatic heterocycles. The first kappa shape index (κ1) is 33.4. The fourth-order valence-corrected chi connectivity index (χ4v) is 5.62. The molecule has 9 nitrogen and oxygen atoms in total. The zero-order valence-corrected chi connectivity index (χ0v) is 27.2. The Morgan fingerprint density at radius 2 is 1.60 bits per heavy atom. The van der Waals surface area contributed by atoms with Crippen LogP contribution in [0.2, 0.25) is 15.1 Å². The van der Waals surface area contributed by atoms with Gasteiger partial charge < -0.3 is 14.6 Å². The van der Waals surface area contributed by atoms with Gasteiger partial charge in [0.2, 0.25) is 5.79 Å². The maximum Gasteiger partial charge on any atom is 0.217 e. The molecular weight excluding hydrogens is 611 g/mol. The molecule has 1 fully saturated rings. The molecule has 1 saturated heterocycles. The highest BCUT2D eigenvalue weighted by molar-refractivity contribution is 6.35. The van der Waals surface area contributed by atoms with Gasteiger partial charge in [-0.25, -0.2) is 14.6 Å². The van der Waals surface area contributed by atoms with E-state index in [2.05, 4.69) is 27.1 Å². The normalized spacial score (nSPS) is 20.0. The maximum absolute atomic E-state index is 11.1. The van der Waals surface area contributed by atoms with Crippen LogP contribution in [-0.2, 0) is 34.8 Å². The number of benzene rings is 2. The summed E-state index contributed by atoms with van der Waals surface area (Å²) < 4.78 is 15.6. The van der Waals surface area contributed by atoms with Crippen LogP contribution in [0.5, 0.6) is 0 Å². The summed E-state index contributed by atoms with van der Waals surface area (Å²) in [5.74, 6) is -0.963. The molecule has 3 atom stereocenters. The first-order valence-electron chi connectivity index (χ1n) is 14.3. The second-order valence-electron chi connectivity index (χ2n) is 11.8. The van der Waals surface area contributed by atoms with Gasteiger partial charge in [-0.1, -0.05) is 87.1 Å². The average Bonchev–Trinajstić information content (AvgIpc) is 3.73. The van der Waals surface area contributed by atoms with E-state index in [1.165, 1.54) is 18.2 Å². The van der Waals surface area contributed by atoms with Gasteiger partial charge in [-0.15, -0.1) is 0 Å². The highest BCUT2D eigenvalue weighted by atomic mass is 35.5. The zero-order valence-electron chi connectivity index (χ0n) is 25.0. The van der Waals surface area contributed by atoms with E-state index in [1.54, 1.807) is 34.2 Å². The number of aromatic nitrogens is 6. The summed E-state index contributed by atoms with van der Waals surface area (Å²) in [6, 6.07) is 13.1. The van der Waals surface area contributed by atoms with Crippen molar-refractivity contribution < 1.29 is 14.6 Å². The largest absolute Gasteiger partial charge is 0.387 e. The van der Waals surface area contributed by atoms with Crippen molar-refractivity contribution >= 4 is 34.8 Å². The van der Waals surface area contributed by atoms with Gasteiger partial charge in [0.15, 0.2) is 0 Å². The molecular formula is C31H39Cl3N6O3. The number of halogens is 3. The Hall–Kier alpha value is -2.53.